The first-order valence-corrected chi connectivity index (χ1v) is 9.41. The fourth-order valence-corrected chi connectivity index (χ4v) is 3.20. The Morgan fingerprint density at radius 2 is 1.53 bits per heavy atom. The monoisotopic (exact) mass is 421 g/mol. The number of hydrogen-bond acceptors (Lipinski definition) is 4. The van der Waals surface area contributed by atoms with Gasteiger partial charge in [-0.15, -0.1) is 0 Å². The zero-order valence-corrected chi connectivity index (χ0v) is 16.2. The highest BCUT2D eigenvalue weighted by molar-refractivity contribution is 5.94. The Morgan fingerprint density at radius 3 is 2.07 bits per heavy atom. The molecule has 2 amide bonds. The zero-order valence-electron chi connectivity index (χ0n) is 16.2. The number of piperazine rings is 1. The molecule has 6 nitrogen and oxygen atoms in total. The van der Waals surface area contributed by atoms with E-state index in [2.05, 4.69) is 4.90 Å². The number of primary amides is 1. The van der Waals surface area contributed by atoms with E-state index in [0.717, 1.165) is 17.7 Å². The van der Waals surface area contributed by atoms with E-state index in [-0.39, 0.29) is 12.5 Å². The molecule has 0 bridgehead atoms. The number of nitrogens with zero attached hydrogens (tertiary/aromatic N) is 2. The summed E-state index contributed by atoms with van der Waals surface area (Å²) in [5, 5.41) is 0. The van der Waals surface area contributed by atoms with Crippen molar-refractivity contribution in [3.63, 3.8) is 0 Å². The molecule has 9 heteroatoms. The Bertz CT molecular complexity index is 875. The first kappa shape index (κ1) is 21.6. The highest BCUT2D eigenvalue weighted by Crippen LogP contribution is 2.29. The van der Waals surface area contributed by atoms with Crippen molar-refractivity contribution in [2.75, 3.05) is 32.8 Å². The predicted molar refractivity (Wildman–Crippen MR) is 104 cm³/mol. The SMILES string of the molecule is NC(=O)COc1ccc(C(=O)N2CCN(Cc3ccc(C(F)(F)F)cc3)CC2)cc1. The number of ether oxygens (including phenoxy) is 1. The van der Waals surface area contributed by atoms with Gasteiger partial charge >= 0.3 is 6.18 Å². The van der Waals surface area contributed by atoms with Gasteiger partial charge in [0.1, 0.15) is 5.75 Å². The van der Waals surface area contributed by atoms with E-state index in [9.17, 15) is 22.8 Å². The number of carbonyl (C=O) groups is 2. The Labute approximate surface area is 172 Å². The van der Waals surface area contributed by atoms with Crippen LogP contribution in [0.2, 0.25) is 0 Å². The minimum absolute atomic E-state index is 0.106. The molecule has 0 unspecified atom stereocenters. The molecule has 1 heterocycles. The van der Waals surface area contributed by atoms with Crippen LogP contribution in [0.1, 0.15) is 21.5 Å². The van der Waals surface area contributed by atoms with Crippen molar-refractivity contribution in [2.24, 2.45) is 5.73 Å². The molecule has 0 aliphatic carbocycles. The first-order valence-electron chi connectivity index (χ1n) is 9.41. The van der Waals surface area contributed by atoms with Crippen molar-refractivity contribution >= 4 is 11.8 Å². The van der Waals surface area contributed by atoms with Gasteiger partial charge in [0.05, 0.1) is 5.56 Å². The molecule has 160 valence electrons. The van der Waals surface area contributed by atoms with Gasteiger partial charge in [0.15, 0.2) is 6.61 Å². The third kappa shape index (κ3) is 5.73. The molecule has 3 rings (SSSR count). The Balaban J connectivity index is 1.50. The van der Waals surface area contributed by atoms with Crippen LogP contribution in [-0.2, 0) is 17.5 Å². The topological polar surface area (TPSA) is 75.9 Å². The maximum atomic E-state index is 12.7. The number of amides is 2. The predicted octanol–water partition coefficient (Wildman–Crippen LogP) is 2.53. The number of nitrogens with two attached hydrogens (primary N) is 1. The summed E-state index contributed by atoms with van der Waals surface area (Å²) >= 11 is 0. The fourth-order valence-electron chi connectivity index (χ4n) is 3.20. The van der Waals surface area contributed by atoms with Gasteiger partial charge in [-0.3, -0.25) is 14.5 Å². The molecule has 0 atom stereocenters. The van der Waals surface area contributed by atoms with Crippen molar-refractivity contribution in [2.45, 2.75) is 12.7 Å². The average molecular weight is 421 g/mol. The zero-order chi connectivity index (χ0) is 21.7. The molecule has 0 saturated carbocycles. The van der Waals surface area contributed by atoms with E-state index in [1.165, 1.54) is 12.1 Å². The summed E-state index contributed by atoms with van der Waals surface area (Å²) in [6.45, 7) is 2.62. The maximum Gasteiger partial charge on any atom is 0.416 e. The van der Waals surface area contributed by atoms with Crippen LogP contribution in [0.5, 0.6) is 5.75 Å². The number of halogens is 3. The van der Waals surface area contributed by atoms with Gasteiger partial charge in [0.25, 0.3) is 11.8 Å². The molecule has 0 spiro atoms. The van der Waals surface area contributed by atoms with Crippen LogP contribution >= 0.6 is 0 Å². The molecule has 1 saturated heterocycles. The first-order chi connectivity index (χ1) is 14.2. The smallest absolute Gasteiger partial charge is 0.416 e. The minimum atomic E-state index is -4.34. The lowest BCUT2D eigenvalue weighted by Gasteiger charge is -2.34. The number of alkyl halides is 3. The largest absolute Gasteiger partial charge is 0.484 e. The molecule has 2 aromatic rings. The molecule has 1 fully saturated rings. The van der Waals surface area contributed by atoms with Gasteiger partial charge in [-0.25, -0.2) is 0 Å². The van der Waals surface area contributed by atoms with Gasteiger partial charge in [-0.2, -0.15) is 13.2 Å². The Hall–Kier alpha value is -3.07. The van der Waals surface area contributed by atoms with Crippen molar-refractivity contribution in [3.05, 3.63) is 65.2 Å². The highest BCUT2D eigenvalue weighted by atomic mass is 19.4. The van der Waals surface area contributed by atoms with Crippen LogP contribution in [0, 0.1) is 0 Å². The van der Waals surface area contributed by atoms with E-state index < -0.39 is 17.6 Å². The van der Waals surface area contributed by atoms with Crippen LogP contribution < -0.4 is 10.5 Å². The summed E-state index contributed by atoms with van der Waals surface area (Å²) in [5.41, 5.74) is 5.68. The lowest BCUT2D eigenvalue weighted by Crippen LogP contribution is -2.48. The second-order valence-corrected chi connectivity index (χ2v) is 7.04. The van der Waals surface area contributed by atoms with Crippen LogP contribution in [0.3, 0.4) is 0 Å². The van der Waals surface area contributed by atoms with Crippen LogP contribution in [-0.4, -0.2) is 54.4 Å². The number of rotatable bonds is 6. The van der Waals surface area contributed by atoms with Gasteiger partial charge in [0, 0.05) is 38.3 Å². The second-order valence-electron chi connectivity index (χ2n) is 7.04. The van der Waals surface area contributed by atoms with Crippen molar-refractivity contribution in [1.29, 1.82) is 0 Å². The molecular weight excluding hydrogens is 399 g/mol. The van der Waals surface area contributed by atoms with E-state index in [4.69, 9.17) is 10.5 Å². The summed E-state index contributed by atoms with van der Waals surface area (Å²) in [6, 6.07) is 11.6. The molecule has 30 heavy (non-hydrogen) atoms. The Kier molecular flexibility index (Phi) is 6.61. The minimum Gasteiger partial charge on any atom is -0.484 e. The molecule has 2 N–H and O–H groups in total. The fraction of sp³-hybridized carbons (Fsp3) is 0.333. The van der Waals surface area contributed by atoms with Crippen molar-refractivity contribution < 1.29 is 27.5 Å². The molecule has 1 aliphatic heterocycles. The van der Waals surface area contributed by atoms with E-state index >= 15 is 0 Å². The Morgan fingerprint density at radius 1 is 0.933 bits per heavy atom. The van der Waals surface area contributed by atoms with Crippen LogP contribution in [0.15, 0.2) is 48.5 Å². The van der Waals surface area contributed by atoms with Crippen LogP contribution in [0.25, 0.3) is 0 Å². The summed E-state index contributed by atoms with van der Waals surface area (Å²) in [5.74, 6) is -0.235. The summed E-state index contributed by atoms with van der Waals surface area (Å²) in [4.78, 5) is 27.2. The molecule has 1 aliphatic rings. The lowest BCUT2D eigenvalue weighted by molar-refractivity contribution is -0.137. The maximum absolute atomic E-state index is 12.7. The van der Waals surface area contributed by atoms with Crippen molar-refractivity contribution in [1.82, 2.24) is 9.80 Å². The molecule has 2 aromatic carbocycles. The molecule has 0 aromatic heterocycles. The lowest BCUT2D eigenvalue weighted by atomic mass is 10.1. The number of hydrogen-bond donors (Lipinski definition) is 1. The number of benzene rings is 2. The van der Waals surface area contributed by atoms with E-state index in [1.807, 2.05) is 0 Å². The van der Waals surface area contributed by atoms with Gasteiger partial charge in [-0.1, -0.05) is 12.1 Å². The summed E-state index contributed by atoms with van der Waals surface area (Å²) < 4.78 is 43.1. The standard InChI is InChI=1S/C21H22F3N3O3/c22-21(23,24)17-5-1-15(2-6-17)13-26-9-11-27(12-10-26)20(29)16-3-7-18(8-4-16)30-14-19(25)28/h1-8H,9-14H2,(H2,25,28). The summed E-state index contributed by atoms with van der Waals surface area (Å²) in [6.07, 6.45) is -4.34. The number of carbonyl (C=O) groups excluding carboxylic acids is 2. The average Bonchev–Trinajstić information content (AvgIpc) is 2.72. The van der Waals surface area contributed by atoms with E-state index in [0.29, 0.717) is 44.0 Å². The van der Waals surface area contributed by atoms with Gasteiger partial charge in [0.2, 0.25) is 0 Å². The van der Waals surface area contributed by atoms with Gasteiger partial charge < -0.3 is 15.4 Å². The molecular formula is C21H22F3N3O3. The summed E-state index contributed by atoms with van der Waals surface area (Å²) in [7, 11) is 0. The third-order valence-corrected chi connectivity index (χ3v) is 4.83. The van der Waals surface area contributed by atoms with E-state index in [1.54, 1.807) is 29.2 Å². The normalized spacial score (nSPS) is 15.1. The quantitative estimate of drug-likeness (QED) is 0.778. The molecule has 0 radical (unpaired) electrons. The van der Waals surface area contributed by atoms with Crippen molar-refractivity contribution in [3.8, 4) is 5.75 Å². The second kappa shape index (κ2) is 9.17. The van der Waals surface area contributed by atoms with Crippen LogP contribution in [0.4, 0.5) is 13.2 Å². The third-order valence-electron chi connectivity index (χ3n) is 4.83. The highest BCUT2D eigenvalue weighted by Gasteiger charge is 2.30. The van der Waals surface area contributed by atoms with Gasteiger partial charge in [-0.05, 0) is 42.0 Å².